The van der Waals surface area contributed by atoms with Crippen molar-refractivity contribution in [1.82, 2.24) is 5.32 Å². The summed E-state index contributed by atoms with van der Waals surface area (Å²) in [5.74, 6) is 1.20. The third kappa shape index (κ3) is 6.55. The van der Waals surface area contributed by atoms with Crippen LogP contribution in [0.4, 0.5) is 0 Å². The summed E-state index contributed by atoms with van der Waals surface area (Å²) in [6.07, 6.45) is 1.02. The van der Waals surface area contributed by atoms with Crippen LogP contribution in [0.3, 0.4) is 0 Å². The van der Waals surface area contributed by atoms with Crippen LogP contribution in [0.15, 0.2) is 53.4 Å². The fourth-order valence-corrected chi connectivity index (χ4v) is 2.77. The van der Waals surface area contributed by atoms with Gasteiger partial charge in [-0.05, 0) is 48.4 Å². The van der Waals surface area contributed by atoms with Crippen LogP contribution in [0.25, 0.3) is 0 Å². The maximum absolute atomic E-state index is 11.8. The van der Waals surface area contributed by atoms with E-state index in [4.69, 9.17) is 16.3 Å². The standard InChI is InChI=1S/C18H20ClNO2S/c1-2-14-3-7-16(8-4-14)22-12-11-20-18(21)13-23-17-9-5-15(19)6-10-17/h3-10H,2,11-13H2,1H3,(H,20,21). The molecule has 0 saturated heterocycles. The van der Waals surface area contributed by atoms with Gasteiger partial charge in [-0.2, -0.15) is 0 Å². The minimum atomic E-state index is -0.00474. The molecule has 0 aliphatic rings. The molecule has 0 fully saturated rings. The number of carbonyl (C=O) groups excluding carboxylic acids is 1. The van der Waals surface area contributed by atoms with Crippen molar-refractivity contribution < 1.29 is 9.53 Å². The van der Waals surface area contributed by atoms with E-state index in [0.717, 1.165) is 17.1 Å². The minimum Gasteiger partial charge on any atom is -0.492 e. The van der Waals surface area contributed by atoms with Gasteiger partial charge < -0.3 is 10.1 Å². The van der Waals surface area contributed by atoms with Gasteiger partial charge in [-0.3, -0.25) is 4.79 Å². The largest absolute Gasteiger partial charge is 0.492 e. The molecule has 0 unspecified atom stereocenters. The molecule has 2 aromatic carbocycles. The first kappa shape index (κ1) is 17.7. The summed E-state index contributed by atoms with van der Waals surface area (Å²) in [7, 11) is 0. The predicted molar refractivity (Wildman–Crippen MR) is 96.5 cm³/mol. The topological polar surface area (TPSA) is 38.3 Å². The van der Waals surface area contributed by atoms with Gasteiger partial charge in [0.1, 0.15) is 12.4 Å². The normalized spacial score (nSPS) is 10.3. The van der Waals surface area contributed by atoms with Gasteiger partial charge in [-0.15, -0.1) is 11.8 Å². The van der Waals surface area contributed by atoms with E-state index in [2.05, 4.69) is 24.4 Å². The van der Waals surface area contributed by atoms with Crippen LogP contribution in [-0.4, -0.2) is 24.8 Å². The van der Waals surface area contributed by atoms with E-state index in [9.17, 15) is 4.79 Å². The van der Waals surface area contributed by atoms with Crippen molar-refractivity contribution in [2.75, 3.05) is 18.9 Å². The lowest BCUT2D eigenvalue weighted by Gasteiger charge is -2.08. The highest BCUT2D eigenvalue weighted by Crippen LogP contribution is 2.19. The van der Waals surface area contributed by atoms with Gasteiger partial charge in [0, 0.05) is 9.92 Å². The summed E-state index contributed by atoms with van der Waals surface area (Å²) in [5, 5.41) is 3.54. The molecule has 5 heteroatoms. The molecule has 0 saturated carbocycles. The van der Waals surface area contributed by atoms with Crippen LogP contribution in [0.5, 0.6) is 5.75 Å². The third-order valence-corrected chi connectivity index (χ3v) is 4.47. The van der Waals surface area contributed by atoms with Crippen molar-refractivity contribution in [2.24, 2.45) is 0 Å². The summed E-state index contributed by atoms with van der Waals surface area (Å²) in [6.45, 7) is 3.08. The number of halogens is 1. The number of thioether (sulfide) groups is 1. The van der Waals surface area contributed by atoms with Crippen LogP contribution in [0.1, 0.15) is 12.5 Å². The molecule has 0 aromatic heterocycles. The molecular weight excluding hydrogens is 330 g/mol. The monoisotopic (exact) mass is 349 g/mol. The summed E-state index contributed by atoms with van der Waals surface area (Å²) >= 11 is 7.31. The van der Waals surface area contributed by atoms with Crippen molar-refractivity contribution in [1.29, 1.82) is 0 Å². The number of carbonyl (C=O) groups is 1. The van der Waals surface area contributed by atoms with Crippen molar-refractivity contribution >= 4 is 29.3 Å². The van der Waals surface area contributed by atoms with Crippen molar-refractivity contribution in [3.63, 3.8) is 0 Å². The Bertz CT molecular complexity index is 614. The fourth-order valence-electron chi connectivity index (χ4n) is 1.91. The van der Waals surface area contributed by atoms with E-state index in [1.54, 1.807) is 0 Å². The minimum absolute atomic E-state index is 0.00474. The Labute approximate surface area is 146 Å². The Morgan fingerprint density at radius 1 is 1.13 bits per heavy atom. The van der Waals surface area contributed by atoms with E-state index in [-0.39, 0.29) is 5.91 Å². The number of rotatable bonds is 8. The number of amides is 1. The number of hydrogen-bond acceptors (Lipinski definition) is 3. The highest BCUT2D eigenvalue weighted by molar-refractivity contribution is 8.00. The number of aryl methyl sites for hydroxylation is 1. The molecule has 2 aromatic rings. The zero-order valence-corrected chi connectivity index (χ0v) is 14.6. The van der Waals surface area contributed by atoms with Gasteiger partial charge >= 0.3 is 0 Å². The third-order valence-electron chi connectivity index (χ3n) is 3.21. The molecule has 0 aliphatic heterocycles. The smallest absolute Gasteiger partial charge is 0.230 e. The average Bonchev–Trinajstić information content (AvgIpc) is 2.59. The lowest BCUT2D eigenvalue weighted by molar-refractivity contribution is -0.118. The summed E-state index contributed by atoms with van der Waals surface area (Å²) in [5.41, 5.74) is 1.28. The fraction of sp³-hybridized carbons (Fsp3) is 0.278. The second-order valence-electron chi connectivity index (χ2n) is 4.94. The van der Waals surface area contributed by atoms with Crippen molar-refractivity contribution in [3.8, 4) is 5.75 Å². The first-order valence-electron chi connectivity index (χ1n) is 7.54. The van der Waals surface area contributed by atoms with E-state index < -0.39 is 0 Å². The quantitative estimate of drug-likeness (QED) is 0.573. The van der Waals surface area contributed by atoms with Gasteiger partial charge in [0.05, 0.1) is 12.3 Å². The zero-order valence-electron chi connectivity index (χ0n) is 13.0. The molecule has 0 spiro atoms. The van der Waals surface area contributed by atoms with Crippen LogP contribution in [0.2, 0.25) is 5.02 Å². The summed E-state index contributed by atoms with van der Waals surface area (Å²) in [4.78, 5) is 12.8. The van der Waals surface area contributed by atoms with Crippen molar-refractivity contribution in [3.05, 3.63) is 59.1 Å². The lowest BCUT2D eigenvalue weighted by Crippen LogP contribution is -2.29. The molecular formula is C18H20ClNO2S. The SMILES string of the molecule is CCc1ccc(OCCNC(=O)CSc2ccc(Cl)cc2)cc1. The first-order valence-corrected chi connectivity index (χ1v) is 8.90. The highest BCUT2D eigenvalue weighted by atomic mass is 35.5. The lowest BCUT2D eigenvalue weighted by atomic mass is 10.2. The van der Waals surface area contributed by atoms with Gasteiger partial charge in [-0.25, -0.2) is 0 Å². The molecule has 0 atom stereocenters. The van der Waals surface area contributed by atoms with Crippen molar-refractivity contribution in [2.45, 2.75) is 18.2 Å². The molecule has 0 radical (unpaired) electrons. The second-order valence-corrected chi connectivity index (χ2v) is 6.42. The number of nitrogens with one attached hydrogen (secondary N) is 1. The van der Waals surface area contributed by atoms with E-state index in [1.165, 1.54) is 17.3 Å². The predicted octanol–water partition coefficient (Wildman–Crippen LogP) is 4.19. The Balaban J connectivity index is 1.61. The Hall–Kier alpha value is -1.65. The molecule has 0 heterocycles. The van der Waals surface area contributed by atoms with Crippen LogP contribution < -0.4 is 10.1 Å². The van der Waals surface area contributed by atoms with Crippen LogP contribution >= 0.6 is 23.4 Å². The molecule has 0 aliphatic carbocycles. The number of benzene rings is 2. The molecule has 1 N–H and O–H groups in total. The Morgan fingerprint density at radius 2 is 1.83 bits per heavy atom. The summed E-state index contributed by atoms with van der Waals surface area (Å²) < 4.78 is 5.60. The maximum atomic E-state index is 11.8. The molecule has 122 valence electrons. The molecule has 23 heavy (non-hydrogen) atoms. The number of ether oxygens (including phenoxy) is 1. The zero-order chi connectivity index (χ0) is 16.5. The van der Waals surface area contributed by atoms with Gasteiger partial charge in [0.2, 0.25) is 5.91 Å². The average molecular weight is 350 g/mol. The number of hydrogen-bond donors (Lipinski definition) is 1. The van der Waals surface area contributed by atoms with Gasteiger partial charge in [0.25, 0.3) is 0 Å². The Morgan fingerprint density at radius 3 is 2.48 bits per heavy atom. The second kappa shape index (κ2) is 9.48. The Kier molecular flexibility index (Phi) is 7.30. The highest BCUT2D eigenvalue weighted by Gasteiger charge is 2.03. The molecule has 2 rings (SSSR count). The van der Waals surface area contributed by atoms with Gasteiger partial charge in [-0.1, -0.05) is 30.7 Å². The maximum Gasteiger partial charge on any atom is 0.230 e. The van der Waals surface area contributed by atoms with E-state index in [0.29, 0.717) is 23.9 Å². The first-order chi connectivity index (χ1) is 11.2. The van der Waals surface area contributed by atoms with Gasteiger partial charge in [0.15, 0.2) is 0 Å². The van der Waals surface area contributed by atoms with E-state index in [1.807, 2.05) is 36.4 Å². The van der Waals surface area contributed by atoms with Crippen LogP contribution in [-0.2, 0) is 11.2 Å². The van der Waals surface area contributed by atoms with E-state index >= 15 is 0 Å². The van der Waals surface area contributed by atoms with Crippen LogP contribution in [0, 0.1) is 0 Å². The summed E-state index contributed by atoms with van der Waals surface area (Å²) in [6, 6.07) is 15.5. The molecule has 3 nitrogen and oxygen atoms in total. The molecule has 1 amide bonds. The molecule has 0 bridgehead atoms.